The summed E-state index contributed by atoms with van der Waals surface area (Å²) in [6.07, 6.45) is 5.55. The molecule has 0 spiro atoms. The Hall–Kier alpha value is -1.51. The Kier molecular flexibility index (Phi) is 4.89. The van der Waals surface area contributed by atoms with Gasteiger partial charge in [-0.2, -0.15) is 17.0 Å². The van der Waals surface area contributed by atoms with Crippen molar-refractivity contribution in [3.05, 3.63) is 30.1 Å². The second kappa shape index (κ2) is 6.78. The quantitative estimate of drug-likeness (QED) is 0.784. The monoisotopic (exact) mass is 352 g/mol. The predicted octanol–water partition coefficient (Wildman–Crippen LogP) is 0.353. The summed E-state index contributed by atoms with van der Waals surface area (Å²) < 4.78 is 27.7. The first kappa shape index (κ1) is 17.3. The third-order valence-corrected chi connectivity index (χ3v) is 6.77. The molecule has 3 saturated heterocycles. The number of piperidine rings is 1. The van der Waals surface area contributed by atoms with Gasteiger partial charge in [0.2, 0.25) is 5.91 Å². The highest BCUT2D eigenvalue weighted by Gasteiger charge is 2.41. The highest BCUT2D eigenvalue weighted by atomic mass is 32.2. The van der Waals surface area contributed by atoms with E-state index >= 15 is 0 Å². The van der Waals surface area contributed by atoms with E-state index < -0.39 is 10.2 Å². The molecule has 7 nitrogen and oxygen atoms in total. The van der Waals surface area contributed by atoms with Crippen LogP contribution in [0.15, 0.2) is 24.5 Å². The number of carbonyl (C=O) groups excluding carboxylic acids is 1. The number of hydrogen-bond donors (Lipinski definition) is 0. The molecule has 3 aliphatic rings. The van der Waals surface area contributed by atoms with Crippen molar-refractivity contribution >= 4 is 16.1 Å². The number of hydrogen-bond acceptors (Lipinski definition) is 4. The van der Waals surface area contributed by atoms with E-state index in [1.807, 2.05) is 17.0 Å². The fraction of sp³-hybridized carbons (Fsp3) is 0.625. The Morgan fingerprint density at radius 2 is 1.92 bits per heavy atom. The van der Waals surface area contributed by atoms with Crippen molar-refractivity contribution in [1.29, 1.82) is 0 Å². The van der Waals surface area contributed by atoms with Crippen molar-refractivity contribution in [1.82, 2.24) is 18.5 Å². The molecule has 4 heterocycles. The maximum absolute atomic E-state index is 12.7. The van der Waals surface area contributed by atoms with Crippen LogP contribution < -0.4 is 0 Å². The van der Waals surface area contributed by atoms with Gasteiger partial charge in [0.25, 0.3) is 10.2 Å². The van der Waals surface area contributed by atoms with Gasteiger partial charge in [0.15, 0.2) is 0 Å². The molecule has 8 heteroatoms. The maximum Gasteiger partial charge on any atom is 0.281 e. The van der Waals surface area contributed by atoms with Crippen molar-refractivity contribution in [2.45, 2.75) is 25.3 Å². The molecule has 1 aromatic heterocycles. The number of rotatable bonds is 4. The SMILES string of the molecule is CN(C)S(=O)(=O)N1CC2CCC(C1)N(C(=O)Cc1ccncc1)C2. The van der Waals surface area contributed by atoms with Crippen LogP contribution in [-0.2, 0) is 21.4 Å². The van der Waals surface area contributed by atoms with Crippen LogP contribution in [0.3, 0.4) is 0 Å². The molecule has 3 aliphatic heterocycles. The van der Waals surface area contributed by atoms with Gasteiger partial charge in [-0.15, -0.1) is 0 Å². The summed E-state index contributed by atoms with van der Waals surface area (Å²) >= 11 is 0. The zero-order valence-corrected chi connectivity index (χ0v) is 14.9. The second-order valence-electron chi connectivity index (χ2n) is 6.78. The minimum atomic E-state index is -3.44. The topological polar surface area (TPSA) is 73.8 Å². The van der Waals surface area contributed by atoms with Gasteiger partial charge in [0.1, 0.15) is 0 Å². The lowest BCUT2D eigenvalue weighted by molar-refractivity contribution is -0.134. The standard InChI is InChI=1S/C16H24N4O3S/c1-18(2)24(22,23)19-10-14-3-4-15(12-19)20(11-14)16(21)9-13-5-7-17-8-6-13/h5-8,14-15H,3-4,9-12H2,1-2H3. The summed E-state index contributed by atoms with van der Waals surface area (Å²) in [5.41, 5.74) is 0.938. The van der Waals surface area contributed by atoms with Gasteiger partial charge in [0, 0.05) is 52.2 Å². The fourth-order valence-electron chi connectivity index (χ4n) is 3.54. The first-order valence-electron chi connectivity index (χ1n) is 8.24. The normalized spacial score (nSPS) is 25.0. The summed E-state index contributed by atoms with van der Waals surface area (Å²) in [7, 11) is -0.337. The molecular formula is C16H24N4O3S. The smallest absolute Gasteiger partial charge is 0.281 e. The molecule has 4 rings (SSSR count). The summed E-state index contributed by atoms with van der Waals surface area (Å²) in [6.45, 7) is 1.53. The number of aromatic nitrogens is 1. The Labute approximate surface area is 143 Å². The molecule has 1 amide bonds. The first-order chi connectivity index (χ1) is 11.4. The van der Waals surface area contributed by atoms with Gasteiger partial charge in [-0.3, -0.25) is 9.78 Å². The average Bonchev–Trinajstić information content (AvgIpc) is 2.88. The molecule has 2 atom stereocenters. The van der Waals surface area contributed by atoms with Gasteiger partial charge in [0.05, 0.1) is 6.42 Å². The lowest BCUT2D eigenvalue weighted by Gasteiger charge is -2.36. The van der Waals surface area contributed by atoms with Crippen molar-refractivity contribution in [2.75, 3.05) is 33.7 Å². The van der Waals surface area contributed by atoms with Crippen molar-refractivity contribution in [3.8, 4) is 0 Å². The van der Waals surface area contributed by atoms with E-state index in [0.717, 1.165) is 18.4 Å². The molecule has 2 unspecified atom stereocenters. The van der Waals surface area contributed by atoms with Gasteiger partial charge in [-0.05, 0) is 36.5 Å². The van der Waals surface area contributed by atoms with Crippen LogP contribution in [0, 0.1) is 5.92 Å². The molecule has 2 bridgehead atoms. The zero-order chi connectivity index (χ0) is 17.3. The third kappa shape index (κ3) is 3.45. The van der Waals surface area contributed by atoms with E-state index in [0.29, 0.717) is 26.1 Å². The van der Waals surface area contributed by atoms with Crippen LogP contribution in [0.1, 0.15) is 18.4 Å². The van der Waals surface area contributed by atoms with Crippen LogP contribution >= 0.6 is 0 Å². The predicted molar refractivity (Wildman–Crippen MR) is 90.3 cm³/mol. The van der Waals surface area contributed by atoms with Crippen molar-refractivity contribution in [2.24, 2.45) is 5.92 Å². The molecule has 24 heavy (non-hydrogen) atoms. The van der Waals surface area contributed by atoms with Crippen LogP contribution in [0.4, 0.5) is 0 Å². The molecule has 0 aromatic carbocycles. The van der Waals surface area contributed by atoms with E-state index in [2.05, 4.69) is 4.98 Å². The summed E-state index contributed by atoms with van der Waals surface area (Å²) in [5.74, 6) is 0.278. The van der Waals surface area contributed by atoms with Crippen LogP contribution in [-0.4, -0.2) is 72.6 Å². The number of amides is 1. The summed E-state index contributed by atoms with van der Waals surface area (Å²) in [4.78, 5) is 18.6. The van der Waals surface area contributed by atoms with Crippen molar-refractivity contribution in [3.63, 3.8) is 0 Å². The Balaban J connectivity index is 1.75. The minimum absolute atomic E-state index is 0.0344. The molecule has 3 fully saturated rings. The van der Waals surface area contributed by atoms with E-state index in [1.54, 1.807) is 26.5 Å². The molecule has 0 aliphatic carbocycles. The van der Waals surface area contributed by atoms with Crippen LogP contribution in [0.25, 0.3) is 0 Å². The van der Waals surface area contributed by atoms with Gasteiger partial charge in [-0.25, -0.2) is 0 Å². The van der Waals surface area contributed by atoms with Gasteiger partial charge >= 0.3 is 0 Å². The van der Waals surface area contributed by atoms with Gasteiger partial charge in [-0.1, -0.05) is 0 Å². The lowest BCUT2D eigenvalue weighted by atomic mass is 9.94. The molecule has 0 saturated carbocycles. The van der Waals surface area contributed by atoms with Gasteiger partial charge < -0.3 is 4.90 Å². The largest absolute Gasteiger partial charge is 0.338 e. The second-order valence-corrected chi connectivity index (χ2v) is 8.93. The highest BCUT2D eigenvalue weighted by Crippen LogP contribution is 2.30. The molecule has 1 aromatic rings. The van der Waals surface area contributed by atoms with Crippen LogP contribution in [0.5, 0.6) is 0 Å². The Morgan fingerprint density at radius 1 is 1.21 bits per heavy atom. The minimum Gasteiger partial charge on any atom is -0.338 e. The molecule has 0 N–H and O–H groups in total. The lowest BCUT2D eigenvalue weighted by Crippen LogP contribution is -2.49. The van der Waals surface area contributed by atoms with E-state index in [1.165, 1.54) is 8.61 Å². The number of carbonyl (C=O) groups is 1. The van der Waals surface area contributed by atoms with Crippen molar-refractivity contribution < 1.29 is 13.2 Å². The number of nitrogens with zero attached hydrogens (tertiary/aromatic N) is 4. The van der Waals surface area contributed by atoms with E-state index in [9.17, 15) is 13.2 Å². The zero-order valence-electron chi connectivity index (χ0n) is 14.1. The highest BCUT2D eigenvalue weighted by molar-refractivity contribution is 7.86. The first-order valence-corrected chi connectivity index (χ1v) is 9.63. The number of pyridine rings is 1. The van der Waals surface area contributed by atoms with E-state index in [4.69, 9.17) is 0 Å². The van der Waals surface area contributed by atoms with Crippen LogP contribution in [0.2, 0.25) is 0 Å². The third-order valence-electron chi connectivity index (χ3n) is 4.89. The Morgan fingerprint density at radius 3 is 2.58 bits per heavy atom. The molecular weight excluding hydrogens is 328 g/mol. The summed E-state index contributed by atoms with van der Waals surface area (Å²) in [5, 5.41) is 0. The fourth-order valence-corrected chi connectivity index (χ4v) is 4.76. The summed E-state index contributed by atoms with van der Waals surface area (Å²) in [6, 6.07) is 3.65. The molecule has 0 radical (unpaired) electrons. The van der Waals surface area contributed by atoms with E-state index in [-0.39, 0.29) is 17.9 Å². The average molecular weight is 352 g/mol. The molecule has 132 valence electrons. The number of fused-ring (bicyclic) bond motifs is 4. The Bertz CT molecular complexity index is 693. The maximum atomic E-state index is 12.7.